The number of phenolic OH excluding ortho intramolecular Hbond substituents is 1. The van der Waals surface area contributed by atoms with Crippen molar-refractivity contribution in [2.75, 3.05) is 10.2 Å². The van der Waals surface area contributed by atoms with Gasteiger partial charge in [-0.25, -0.2) is 9.37 Å². The van der Waals surface area contributed by atoms with Crippen LogP contribution in [0.1, 0.15) is 63.0 Å². The van der Waals surface area contributed by atoms with Crippen molar-refractivity contribution in [1.29, 1.82) is 0 Å². The van der Waals surface area contributed by atoms with Gasteiger partial charge >= 0.3 is 0 Å². The summed E-state index contributed by atoms with van der Waals surface area (Å²) in [6, 6.07) is 15.7. The van der Waals surface area contributed by atoms with Gasteiger partial charge < -0.3 is 15.7 Å². The molecule has 1 heterocycles. The first-order chi connectivity index (χ1) is 18.9. The number of aromatic nitrogens is 1. The second kappa shape index (κ2) is 13.5. The Bertz CT molecular complexity index is 1260. The first-order valence-corrected chi connectivity index (χ1v) is 13.3. The number of rotatable bonds is 10. The van der Waals surface area contributed by atoms with Crippen LogP contribution >= 0.6 is 0 Å². The molecule has 4 rings (SSSR count). The number of hydrogen-bond acceptors (Lipinski definition) is 5. The number of nitrogens with one attached hydrogen (secondary N) is 2. The van der Waals surface area contributed by atoms with Crippen LogP contribution in [0, 0.1) is 5.82 Å². The van der Waals surface area contributed by atoms with Crippen LogP contribution in [-0.4, -0.2) is 33.9 Å². The Kier molecular flexibility index (Phi) is 9.61. The number of phenols is 1. The van der Waals surface area contributed by atoms with E-state index in [1.54, 1.807) is 42.6 Å². The molecule has 3 aromatic rings. The molecule has 0 saturated heterocycles. The van der Waals surface area contributed by atoms with Crippen LogP contribution in [0.25, 0.3) is 0 Å². The Labute approximate surface area is 227 Å². The maximum absolute atomic E-state index is 14.3. The summed E-state index contributed by atoms with van der Waals surface area (Å²) in [7, 11) is 0. The van der Waals surface area contributed by atoms with Crippen molar-refractivity contribution < 1.29 is 23.9 Å². The topological polar surface area (TPSA) is 112 Å². The predicted octanol–water partition coefficient (Wildman–Crippen LogP) is 5.26. The summed E-state index contributed by atoms with van der Waals surface area (Å²) in [6.07, 6.45) is 6.67. The van der Waals surface area contributed by atoms with Crippen molar-refractivity contribution >= 4 is 29.2 Å². The Morgan fingerprint density at radius 3 is 2.44 bits per heavy atom. The number of aromatic hydroxyl groups is 1. The van der Waals surface area contributed by atoms with Gasteiger partial charge in [0.1, 0.15) is 23.4 Å². The lowest BCUT2D eigenvalue weighted by Crippen LogP contribution is -2.47. The fourth-order valence-corrected chi connectivity index (χ4v) is 4.83. The first-order valence-electron chi connectivity index (χ1n) is 13.3. The van der Waals surface area contributed by atoms with Gasteiger partial charge in [-0.3, -0.25) is 19.3 Å². The molecule has 9 heteroatoms. The minimum atomic E-state index is -1.09. The lowest BCUT2D eigenvalue weighted by Gasteiger charge is -2.33. The molecule has 2 aromatic carbocycles. The SMILES string of the molecule is O=C(CCCC(=O)N(c1cccc(F)c1)[C@H](C(=O)NC1CCCCC1)c1ccc(O)cc1)Nc1ccccn1. The highest BCUT2D eigenvalue weighted by Gasteiger charge is 2.34. The molecule has 1 fully saturated rings. The zero-order chi connectivity index (χ0) is 27.6. The van der Waals surface area contributed by atoms with E-state index in [2.05, 4.69) is 15.6 Å². The van der Waals surface area contributed by atoms with Gasteiger partial charge in [0.2, 0.25) is 17.7 Å². The van der Waals surface area contributed by atoms with E-state index in [0.717, 1.165) is 32.1 Å². The van der Waals surface area contributed by atoms with Gasteiger partial charge in [0, 0.05) is 30.8 Å². The first kappa shape index (κ1) is 27.8. The summed E-state index contributed by atoms with van der Waals surface area (Å²) in [5.74, 6) is -1.20. The van der Waals surface area contributed by atoms with Gasteiger partial charge in [-0.05, 0) is 67.3 Å². The van der Waals surface area contributed by atoms with Crippen LogP contribution < -0.4 is 15.5 Å². The van der Waals surface area contributed by atoms with Crippen LogP contribution in [-0.2, 0) is 14.4 Å². The molecule has 0 spiro atoms. The van der Waals surface area contributed by atoms with Gasteiger partial charge in [0.25, 0.3) is 0 Å². The van der Waals surface area contributed by atoms with Crippen LogP contribution in [0.5, 0.6) is 5.75 Å². The predicted molar refractivity (Wildman–Crippen MR) is 146 cm³/mol. The third-order valence-electron chi connectivity index (χ3n) is 6.75. The molecule has 0 unspecified atom stereocenters. The van der Waals surface area contributed by atoms with Crippen molar-refractivity contribution in [2.45, 2.75) is 63.5 Å². The van der Waals surface area contributed by atoms with Gasteiger partial charge in [-0.2, -0.15) is 0 Å². The van der Waals surface area contributed by atoms with E-state index in [1.807, 2.05) is 0 Å². The number of hydrogen-bond donors (Lipinski definition) is 3. The summed E-state index contributed by atoms with van der Waals surface area (Å²) >= 11 is 0. The number of amides is 3. The van der Waals surface area contributed by atoms with Gasteiger partial charge in [-0.15, -0.1) is 0 Å². The van der Waals surface area contributed by atoms with Crippen molar-refractivity contribution in [2.24, 2.45) is 0 Å². The van der Waals surface area contributed by atoms with E-state index in [9.17, 15) is 23.9 Å². The van der Waals surface area contributed by atoms with Gasteiger partial charge in [-0.1, -0.05) is 43.5 Å². The van der Waals surface area contributed by atoms with Crippen LogP contribution in [0.2, 0.25) is 0 Å². The number of halogens is 1. The molecular formula is C30H33FN4O4. The van der Waals surface area contributed by atoms with Crippen molar-refractivity contribution in [1.82, 2.24) is 10.3 Å². The van der Waals surface area contributed by atoms with E-state index < -0.39 is 17.8 Å². The normalized spacial score (nSPS) is 14.3. The molecule has 1 aliphatic rings. The number of benzene rings is 2. The second-order valence-electron chi connectivity index (χ2n) is 9.70. The highest BCUT2D eigenvalue weighted by molar-refractivity contribution is 6.01. The molecule has 204 valence electrons. The number of carbonyl (C=O) groups excluding carboxylic acids is 3. The smallest absolute Gasteiger partial charge is 0.248 e. The van der Waals surface area contributed by atoms with Crippen molar-refractivity contribution in [3.63, 3.8) is 0 Å². The number of carbonyl (C=O) groups is 3. The molecule has 0 bridgehead atoms. The van der Waals surface area contributed by atoms with E-state index in [4.69, 9.17) is 0 Å². The van der Waals surface area contributed by atoms with Gasteiger partial charge in [0.15, 0.2) is 0 Å². The quantitative estimate of drug-likeness (QED) is 0.330. The average Bonchev–Trinajstić information content (AvgIpc) is 2.93. The molecule has 3 N–H and O–H groups in total. The lowest BCUT2D eigenvalue weighted by atomic mass is 9.94. The minimum absolute atomic E-state index is 0.00869. The van der Waals surface area contributed by atoms with Crippen LogP contribution in [0.3, 0.4) is 0 Å². The van der Waals surface area contributed by atoms with E-state index in [0.29, 0.717) is 11.4 Å². The van der Waals surface area contributed by atoms with Gasteiger partial charge in [0.05, 0.1) is 0 Å². The summed E-state index contributed by atoms with van der Waals surface area (Å²) in [6.45, 7) is 0. The second-order valence-corrected chi connectivity index (χ2v) is 9.70. The average molecular weight is 533 g/mol. The molecule has 0 aliphatic heterocycles. The summed E-state index contributed by atoms with van der Waals surface area (Å²) in [4.78, 5) is 45.2. The molecule has 3 amide bonds. The third-order valence-corrected chi connectivity index (χ3v) is 6.75. The third kappa shape index (κ3) is 7.86. The molecule has 1 atom stereocenters. The number of nitrogens with zero attached hydrogens (tertiary/aromatic N) is 2. The van der Waals surface area contributed by atoms with Crippen LogP contribution in [0.15, 0.2) is 72.9 Å². The number of anilines is 2. The molecule has 1 aliphatic carbocycles. The fourth-order valence-electron chi connectivity index (χ4n) is 4.83. The van der Waals surface area contributed by atoms with Crippen LogP contribution in [0.4, 0.5) is 15.9 Å². The largest absolute Gasteiger partial charge is 0.508 e. The monoisotopic (exact) mass is 532 g/mol. The Hall–Kier alpha value is -4.27. The van der Waals surface area contributed by atoms with Crippen molar-refractivity contribution in [3.8, 4) is 5.75 Å². The maximum atomic E-state index is 14.3. The van der Waals surface area contributed by atoms with E-state index in [1.165, 1.54) is 35.2 Å². The molecule has 0 radical (unpaired) electrons. The molecule has 1 saturated carbocycles. The summed E-state index contributed by atoms with van der Waals surface area (Å²) in [5, 5.41) is 15.6. The number of pyridine rings is 1. The summed E-state index contributed by atoms with van der Waals surface area (Å²) < 4.78 is 14.3. The molecular weight excluding hydrogens is 499 g/mol. The Morgan fingerprint density at radius 2 is 1.74 bits per heavy atom. The zero-order valence-electron chi connectivity index (χ0n) is 21.7. The molecule has 39 heavy (non-hydrogen) atoms. The Balaban J connectivity index is 1.57. The highest BCUT2D eigenvalue weighted by Crippen LogP contribution is 2.31. The summed E-state index contributed by atoms with van der Waals surface area (Å²) in [5.41, 5.74) is 0.710. The Morgan fingerprint density at radius 1 is 0.974 bits per heavy atom. The lowest BCUT2D eigenvalue weighted by molar-refractivity contribution is -0.127. The molecule has 1 aromatic heterocycles. The maximum Gasteiger partial charge on any atom is 0.248 e. The van der Waals surface area contributed by atoms with E-state index in [-0.39, 0.29) is 48.6 Å². The molecule has 8 nitrogen and oxygen atoms in total. The fraction of sp³-hybridized carbons (Fsp3) is 0.333. The minimum Gasteiger partial charge on any atom is -0.508 e. The highest BCUT2D eigenvalue weighted by atomic mass is 19.1. The van der Waals surface area contributed by atoms with E-state index >= 15 is 0 Å². The van der Waals surface area contributed by atoms with Crippen molar-refractivity contribution in [3.05, 3.63) is 84.3 Å². The zero-order valence-corrected chi connectivity index (χ0v) is 21.7. The standard InChI is InChI=1S/C30H33FN4O4/c31-22-8-6-11-24(20-22)35(28(38)14-7-13-27(37)34-26-12-4-5-19-32-26)29(21-15-17-25(36)18-16-21)30(39)33-23-9-2-1-3-10-23/h4-6,8,11-12,15-20,23,29,36H,1-3,7,9-10,13-14H2,(H,33,39)(H,32,34,37)/t29-/m0/s1.